The van der Waals surface area contributed by atoms with Gasteiger partial charge in [-0.05, 0) is 25.2 Å². The van der Waals surface area contributed by atoms with Gasteiger partial charge in [-0.15, -0.1) is 0 Å². The molecule has 0 aliphatic carbocycles. The molecule has 2 unspecified atom stereocenters. The third-order valence-corrected chi connectivity index (χ3v) is 3.13. The molecule has 0 spiro atoms. The molecule has 0 saturated heterocycles. The van der Waals surface area contributed by atoms with Crippen LogP contribution < -0.4 is 5.32 Å². The fraction of sp³-hybridized carbons (Fsp3) is 0.867. The fourth-order valence-electron chi connectivity index (χ4n) is 2.09. The van der Waals surface area contributed by atoms with Crippen LogP contribution in [0.25, 0.3) is 0 Å². The summed E-state index contributed by atoms with van der Waals surface area (Å²) >= 11 is 0. The number of ether oxygens (including phenoxy) is 1. The van der Waals surface area contributed by atoms with Gasteiger partial charge in [-0.1, -0.05) is 41.0 Å². The van der Waals surface area contributed by atoms with Crippen LogP contribution in [0, 0.1) is 11.3 Å². The van der Waals surface area contributed by atoms with Crippen molar-refractivity contribution in [1.82, 2.24) is 5.32 Å². The van der Waals surface area contributed by atoms with Crippen LogP contribution in [0.5, 0.6) is 0 Å². The Balaban J connectivity index is 4.87. The number of esters is 1. The molecule has 0 heterocycles. The molecule has 0 fully saturated rings. The first-order chi connectivity index (χ1) is 8.77. The first kappa shape index (κ1) is 17.9. The average Bonchev–Trinajstić information content (AvgIpc) is 2.26. The molecule has 0 aliphatic heterocycles. The molecule has 19 heavy (non-hydrogen) atoms. The highest BCUT2D eigenvalue weighted by molar-refractivity contribution is 5.98. The Bertz CT molecular complexity index is 294. The summed E-state index contributed by atoms with van der Waals surface area (Å²) in [5, 5.41) is 2.97. The maximum atomic E-state index is 12.3. The number of carbonyl (C=O) groups excluding carboxylic acids is 2. The van der Waals surface area contributed by atoms with Crippen LogP contribution in [0.15, 0.2) is 0 Å². The van der Waals surface area contributed by atoms with E-state index in [0.717, 1.165) is 19.3 Å². The maximum absolute atomic E-state index is 12.3. The Morgan fingerprint density at radius 1 is 1.16 bits per heavy atom. The minimum atomic E-state index is -0.752. The molecule has 1 amide bonds. The van der Waals surface area contributed by atoms with Gasteiger partial charge in [0.05, 0.1) is 6.61 Å². The molecule has 0 aliphatic rings. The van der Waals surface area contributed by atoms with E-state index in [1.54, 1.807) is 6.92 Å². The molecule has 0 rings (SSSR count). The lowest BCUT2D eigenvalue weighted by atomic mass is 9.80. The highest BCUT2D eigenvalue weighted by atomic mass is 16.5. The molecule has 0 aromatic rings. The highest BCUT2D eigenvalue weighted by Crippen LogP contribution is 2.27. The Kier molecular flexibility index (Phi) is 7.72. The van der Waals surface area contributed by atoms with Gasteiger partial charge in [-0.3, -0.25) is 9.59 Å². The zero-order valence-corrected chi connectivity index (χ0v) is 13.2. The number of hydrogen-bond acceptors (Lipinski definition) is 3. The van der Waals surface area contributed by atoms with E-state index in [9.17, 15) is 9.59 Å². The van der Waals surface area contributed by atoms with Gasteiger partial charge in [0.2, 0.25) is 5.91 Å². The molecule has 4 nitrogen and oxygen atoms in total. The summed E-state index contributed by atoms with van der Waals surface area (Å²) in [6.07, 6.45) is 2.82. The Hall–Kier alpha value is -1.06. The minimum absolute atomic E-state index is 0.136. The van der Waals surface area contributed by atoms with Gasteiger partial charge in [0, 0.05) is 6.04 Å². The van der Waals surface area contributed by atoms with Crippen LogP contribution in [0.1, 0.15) is 60.8 Å². The normalized spacial score (nSPS) is 14.6. The lowest BCUT2D eigenvalue weighted by molar-refractivity contribution is -0.156. The van der Waals surface area contributed by atoms with Crippen molar-refractivity contribution in [3.63, 3.8) is 0 Å². The second-order valence-electron chi connectivity index (χ2n) is 5.95. The van der Waals surface area contributed by atoms with E-state index >= 15 is 0 Å². The molecule has 0 saturated carbocycles. The van der Waals surface area contributed by atoms with Gasteiger partial charge in [-0.2, -0.15) is 0 Å². The predicted molar refractivity (Wildman–Crippen MR) is 76.7 cm³/mol. The summed E-state index contributed by atoms with van der Waals surface area (Å²) in [5.74, 6) is -1.40. The highest BCUT2D eigenvalue weighted by Gasteiger charge is 2.39. The van der Waals surface area contributed by atoms with Crippen LogP contribution in [-0.4, -0.2) is 24.5 Å². The molecule has 0 radical (unpaired) electrons. The third kappa shape index (κ3) is 6.08. The number of amides is 1. The molecular formula is C15H29NO3. The molecule has 0 aromatic carbocycles. The first-order valence-electron chi connectivity index (χ1n) is 7.24. The minimum Gasteiger partial charge on any atom is -0.465 e. The quantitative estimate of drug-likeness (QED) is 0.572. The molecule has 0 aromatic heterocycles. The first-order valence-corrected chi connectivity index (χ1v) is 7.24. The second-order valence-corrected chi connectivity index (χ2v) is 5.95. The number of nitrogens with one attached hydrogen (secondary N) is 1. The van der Waals surface area contributed by atoms with E-state index in [0.29, 0.717) is 6.61 Å². The van der Waals surface area contributed by atoms with Gasteiger partial charge in [0.15, 0.2) is 0 Å². The van der Waals surface area contributed by atoms with Crippen molar-refractivity contribution >= 4 is 11.9 Å². The lowest BCUT2D eigenvalue weighted by Crippen LogP contribution is -2.47. The van der Waals surface area contributed by atoms with Gasteiger partial charge >= 0.3 is 5.97 Å². The topological polar surface area (TPSA) is 55.4 Å². The fourth-order valence-corrected chi connectivity index (χ4v) is 2.09. The van der Waals surface area contributed by atoms with Gasteiger partial charge in [0.1, 0.15) is 5.92 Å². The smallest absolute Gasteiger partial charge is 0.319 e. The number of rotatable bonds is 7. The van der Waals surface area contributed by atoms with Gasteiger partial charge in [0.25, 0.3) is 0 Å². The van der Waals surface area contributed by atoms with E-state index in [2.05, 4.69) is 12.2 Å². The number of hydrogen-bond donors (Lipinski definition) is 1. The summed E-state index contributed by atoms with van der Waals surface area (Å²) in [6, 6.07) is 0.136. The van der Waals surface area contributed by atoms with E-state index in [1.165, 1.54) is 0 Å². The summed E-state index contributed by atoms with van der Waals surface area (Å²) in [6.45, 7) is 11.8. The second kappa shape index (κ2) is 8.18. The van der Waals surface area contributed by atoms with Crippen molar-refractivity contribution in [2.45, 2.75) is 66.8 Å². The van der Waals surface area contributed by atoms with Crippen molar-refractivity contribution < 1.29 is 14.3 Å². The summed E-state index contributed by atoms with van der Waals surface area (Å²) in [5.41, 5.74) is -0.444. The van der Waals surface area contributed by atoms with Crippen LogP contribution >= 0.6 is 0 Å². The zero-order valence-electron chi connectivity index (χ0n) is 13.2. The number of carbonyl (C=O) groups is 2. The van der Waals surface area contributed by atoms with E-state index in [4.69, 9.17) is 4.74 Å². The van der Waals surface area contributed by atoms with Crippen molar-refractivity contribution in [3.05, 3.63) is 0 Å². The summed E-state index contributed by atoms with van der Waals surface area (Å²) in [7, 11) is 0. The van der Waals surface area contributed by atoms with Crippen molar-refractivity contribution in [1.29, 1.82) is 0 Å². The van der Waals surface area contributed by atoms with Crippen LogP contribution in [0.2, 0.25) is 0 Å². The summed E-state index contributed by atoms with van der Waals surface area (Å²) < 4.78 is 5.03. The van der Waals surface area contributed by atoms with Gasteiger partial charge < -0.3 is 10.1 Å². The molecule has 4 heteroatoms. The van der Waals surface area contributed by atoms with Crippen LogP contribution in [0.3, 0.4) is 0 Å². The largest absolute Gasteiger partial charge is 0.465 e. The molecular weight excluding hydrogens is 242 g/mol. The maximum Gasteiger partial charge on any atom is 0.319 e. The average molecular weight is 271 g/mol. The standard InChI is InChI=1S/C15H29NO3/c1-7-10-11(8-2)16-13(17)12(15(4,5)6)14(18)19-9-3/h11-12H,7-10H2,1-6H3,(H,16,17). The molecule has 112 valence electrons. The Morgan fingerprint density at radius 3 is 2.11 bits per heavy atom. The lowest BCUT2D eigenvalue weighted by Gasteiger charge is -2.29. The van der Waals surface area contributed by atoms with Crippen molar-refractivity contribution in [3.8, 4) is 0 Å². The Morgan fingerprint density at radius 2 is 1.74 bits per heavy atom. The Labute approximate surface area is 117 Å². The van der Waals surface area contributed by atoms with Crippen molar-refractivity contribution in [2.24, 2.45) is 11.3 Å². The van der Waals surface area contributed by atoms with Gasteiger partial charge in [-0.25, -0.2) is 0 Å². The monoisotopic (exact) mass is 271 g/mol. The third-order valence-electron chi connectivity index (χ3n) is 3.13. The SMILES string of the molecule is CCCC(CC)NC(=O)C(C(=O)OCC)C(C)(C)C. The molecule has 0 bridgehead atoms. The van der Waals surface area contributed by atoms with E-state index in [1.807, 2.05) is 27.7 Å². The van der Waals surface area contributed by atoms with Crippen LogP contribution in [0.4, 0.5) is 0 Å². The summed E-state index contributed by atoms with van der Waals surface area (Å²) in [4.78, 5) is 24.3. The predicted octanol–water partition coefficient (Wildman–Crippen LogP) is 2.91. The van der Waals surface area contributed by atoms with Crippen LogP contribution in [-0.2, 0) is 14.3 Å². The zero-order chi connectivity index (χ0) is 15.1. The van der Waals surface area contributed by atoms with E-state index in [-0.39, 0.29) is 11.9 Å². The van der Waals surface area contributed by atoms with E-state index < -0.39 is 17.3 Å². The molecule has 2 atom stereocenters. The van der Waals surface area contributed by atoms with Crippen molar-refractivity contribution in [2.75, 3.05) is 6.61 Å². The molecule has 1 N–H and O–H groups in total.